The first-order valence-corrected chi connectivity index (χ1v) is 13.1. The van der Waals surface area contributed by atoms with Crippen LogP contribution in [-0.4, -0.2) is 55.3 Å². The predicted octanol–water partition coefficient (Wildman–Crippen LogP) is 3.64. The lowest BCUT2D eigenvalue weighted by atomic mass is 9.91. The zero-order chi connectivity index (χ0) is 25.1. The van der Waals surface area contributed by atoms with Crippen molar-refractivity contribution in [3.05, 3.63) is 76.8 Å². The Balaban J connectivity index is 1.43. The number of benzene rings is 2. The Labute approximate surface area is 203 Å². The van der Waals surface area contributed by atoms with Crippen molar-refractivity contribution in [1.29, 1.82) is 0 Å². The second-order valence-electron chi connectivity index (χ2n) is 9.60. The Morgan fingerprint density at radius 3 is 2.54 bits per heavy atom. The summed E-state index contributed by atoms with van der Waals surface area (Å²) >= 11 is 0. The van der Waals surface area contributed by atoms with Gasteiger partial charge in [-0.05, 0) is 62.2 Å². The molecular formula is C26H25FN2O5S. The van der Waals surface area contributed by atoms with E-state index >= 15 is 0 Å². The number of sulfone groups is 1. The summed E-state index contributed by atoms with van der Waals surface area (Å²) in [5.74, 6) is -0.529. The van der Waals surface area contributed by atoms with E-state index in [9.17, 15) is 22.4 Å². The van der Waals surface area contributed by atoms with E-state index in [1.165, 1.54) is 17.0 Å². The van der Waals surface area contributed by atoms with Gasteiger partial charge in [0.25, 0.3) is 11.8 Å². The van der Waals surface area contributed by atoms with E-state index in [0.29, 0.717) is 34.6 Å². The second-order valence-corrected chi connectivity index (χ2v) is 11.8. The number of fused-ring (bicyclic) bond motifs is 1. The van der Waals surface area contributed by atoms with Gasteiger partial charge in [-0.2, -0.15) is 0 Å². The summed E-state index contributed by atoms with van der Waals surface area (Å²) in [5, 5.41) is 2.68. The third-order valence-corrected chi connectivity index (χ3v) is 8.53. The molecule has 3 aliphatic rings. The molecule has 2 aromatic rings. The Bertz CT molecular complexity index is 1420. The van der Waals surface area contributed by atoms with E-state index in [1.807, 2.05) is 26.0 Å². The van der Waals surface area contributed by atoms with E-state index < -0.39 is 21.3 Å². The van der Waals surface area contributed by atoms with E-state index in [1.54, 1.807) is 31.3 Å². The topological polar surface area (TPSA) is 92.8 Å². The minimum absolute atomic E-state index is 0.00741. The normalized spacial score (nSPS) is 23.9. The molecule has 2 aromatic carbocycles. The fourth-order valence-corrected chi connectivity index (χ4v) is 6.63. The minimum Gasteiger partial charge on any atom is -0.482 e. The van der Waals surface area contributed by atoms with Crippen LogP contribution < -0.4 is 5.32 Å². The van der Waals surface area contributed by atoms with Crippen LogP contribution in [0.2, 0.25) is 0 Å². The van der Waals surface area contributed by atoms with E-state index in [4.69, 9.17) is 4.74 Å². The van der Waals surface area contributed by atoms with Crippen LogP contribution in [0.4, 0.5) is 10.1 Å². The number of amides is 2. The quantitative estimate of drug-likeness (QED) is 0.655. The van der Waals surface area contributed by atoms with Gasteiger partial charge in [0, 0.05) is 29.8 Å². The van der Waals surface area contributed by atoms with Crippen LogP contribution in [0.1, 0.15) is 41.8 Å². The van der Waals surface area contributed by atoms with Gasteiger partial charge in [-0.15, -0.1) is 0 Å². The van der Waals surface area contributed by atoms with Crippen molar-refractivity contribution in [2.75, 3.05) is 23.9 Å². The number of nitrogens with one attached hydrogen (secondary N) is 1. The number of halogens is 1. The van der Waals surface area contributed by atoms with Gasteiger partial charge in [-0.25, -0.2) is 12.8 Å². The molecule has 3 heterocycles. The number of rotatable bonds is 3. The summed E-state index contributed by atoms with van der Waals surface area (Å²) < 4.78 is 43.3. The summed E-state index contributed by atoms with van der Waals surface area (Å²) in [7, 11) is -1.46. The van der Waals surface area contributed by atoms with Gasteiger partial charge in [0.15, 0.2) is 9.84 Å². The van der Waals surface area contributed by atoms with Crippen LogP contribution in [-0.2, 0) is 19.4 Å². The fourth-order valence-electron chi connectivity index (χ4n) is 4.85. The van der Waals surface area contributed by atoms with Crippen molar-refractivity contribution >= 4 is 38.5 Å². The highest BCUT2D eigenvalue weighted by Gasteiger charge is 2.38. The molecule has 0 aromatic heterocycles. The van der Waals surface area contributed by atoms with Crippen LogP contribution in [0, 0.1) is 5.82 Å². The molecule has 0 aliphatic carbocycles. The van der Waals surface area contributed by atoms with Crippen LogP contribution in [0.15, 0.2) is 54.3 Å². The van der Waals surface area contributed by atoms with Crippen LogP contribution >= 0.6 is 0 Å². The van der Waals surface area contributed by atoms with Crippen molar-refractivity contribution in [3.63, 3.8) is 0 Å². The molecule has 1 unspecified atom stereocenters. The molecule has 0 spiro atoms. The Hall–Kier alpha value is -3.46. The molecule has 2 amide bonds. The first-order chi connectivity index (χ1) is 16.4. The lowest BCUT2D eigenvalue weighted by molar-refractivity contribution is -0.111. The summed E-state index contributed by atoms with van der Waals surface area (Å²) in [6.07, 6.45) is 2.25. The average Bonchev–Trinajstić information content (AvgIpc) is 3.43. The minimum atomic E-state index is -3.09. The molecule has 1 atom stereocenters. The predicted molar refractivity (Wildman–Crippen MR) is 131 cm³/mol. The zero-order valence-electron chi connectivity index (χ0n) is 19.6. The Morgan fingerprint density at radius 2 is 1.89 bits per heavy atom. The van der Waals surface area contributed by atoms with Gasteiger partial charge in [0.1, 0.15) is 17.2 Å². The number of anilines is 1. The van der Waals surface area contributed by atoms with Crippen molar-refractivity contribution in [2.24, 2.45) is 0 Å². The van der Waals surface area contributed by atoms with Gasteiger partial charge in [0.05, 0.1) is 22.8 Å². The molecule has 5 rings (SSSR count). The largest absolute Gasteiger partial charge is 0.482 e. The molecule has 1 N–H and O–H groups in total. The van der Waals surface area contributed by atoms with Crippen LogP contribution in [0.3, 0.4) is 0 Å². The summed E-state index contributed by atoms with van der Waals surface area (Å²) in [6, 6.07) is 10.9. The van der Waals surface area contributed by atoms with Crippen molar-refractivity contribution in [1.82, 2.24) is 4.90 Å². The summed E-state index contributed by atoms with van der Waals surface area (Å²) in [5.41, 5.74) is 2.71. The molecule has 35 heavy (non-hydrogen) atoms. The van der Waals surface area contributed by atoms with Gasteiger partial charge < -0.3 is 15.0 Å². The lowest BCUT2D eigenvalue weighted by Crippen LogP contribution is -2.37. The van der Waals surface area contributed by atoms with Gasteiger partial charge >= 0.3 is 0 Å². The third-order valence-electron chi connectivity index (χ3n) is 6.78. The Morgan fingerprint density at radius 1 is 1.17 bits per heavy atom. The standard InChI is InChI=1S/C26H25FN2O5S/c1-26(2)20(13-22(34-26)23-19-9-8-17(27)12-21(19)28-24(23)30)15-4-6-16(7-5-15)25(31)29(3)18-10-11-35(32,33)14-18/h4-9,12-13,18H,10-11,14H2,1-3H3,(H,28,30)/b23-22+. The monoisotopic (exact) mass is 496 g/mol. The van der Waals surface area contributed by atoms with E-state index in [-0.39, 0.29) is 29.4 Å². The van der Waals surface area contributed by atoms with Crippen molar-refractivity contribution in [2.45, 2.75) is 31.9 Å². The highest BCUT2D eigenvalue weighted by Crippen LogP contribution is 2.44. The van der Waals surface area contributed by atoms with Crippen LogP contribution in [0.5, 0.6) is 0 Å². The number of hydrogen-bond acceptors (Lipinski definition) is 5. The number of hydrogen-bond donors (Lipinski definition) is 1. The van der Waals surface area contributed by atoms with Crippen molar-refractivity contribution in [3.8, 4) is 0 Å². The first-order valence-electron chi connectivity index (χ1n) is 11.3. The molecule has 0 bridgehead atoms. The number of carbonyl (C=O) groups is 2. The molecule has 0 saturated carbocycles. The molecule has 7 nitrogen and oxygen atoms in total. The maximum absolute atomic E-state index is 13.6. The number of ether oxygens (including phenoxy) is 1. The van der Waals surface area contributed by atoms with E-state index in [0.717, 1.165) is 11.1 Å². The molecule has 9 heteroatoms. The fraction of sp³-hybridized carbons (Fsp3) is 0.308. The summed E-state index contributed by atoms with van der Waals surface area (Å²) in [4.78, 5) is 27.1. The molecule has 1 fully saturated rings. The smallest absolute Gasteiger partial charge is 0.260 e. The molecule has 1 saturated heterocycles. The van der Waals surface area contributed by atoms with Gasteiger partial charge in [-0.1, -0.05) is 12.1 Å². The first kappa shape index (κ1) is 23.3. The highest BCUT2D eigenvalue weighted by atomic mass is 32.2. The molecule has 3 aliphatic heterocycles. The SMILES string of the molecule is CN(C(=O)c1ccc(C2=C/C(=C3\C(=O)Nc4cc(F)ccc43)OC2(C)C)cc1)C1CCS(=O)(=O)C1. The maximum atomic E-state index is 13.6. The second kappa shape index (κ2) is 8.05. The third kappa shape index (κ3) is 4.14. The zero-order valence-corrected chi connectivity index (χ0v) is 20.4. The lowest BCUT2D eigenvalue weighted by Gasteiger charge is -2.25. The number of nitrogens with zero attached hydrogens (tertiary/aromatic N) is 1. The number of allylic oxidation sites excluding steroid dienone is 1. The molecular weight excluding hydrogens is 471 g/mol. The van der Waals surface area contributed by atoms with E-state index in [2.05, 4.69) is 5.32 Å². The molecule has 182 valence electrons. The Kier molecular flexibility index (Phi) is 5.36. The van der Waals surface area contributed by atoms with Gasteiger partial charge in [-0.3, -0.25) is 9.59 Å². The maximum Gasteiger partial charge on any atom is 0.260 e. The molecule has 0 radical (unpaired) electrons. The average molecular weight is 497 g/mol. The highest BCUT2D eigenvalue weighted by molar-refractivity contribution is 7.91. The van der Waals surface area contributed by atoms with Crippen LogP contribution in [0.25, 0.3) is 11.1 Å². The van der Waals surface area contributed by atoms with Crippen molar-refractivity contribution < 1.29 is 27.1 Å². The summed E-state index contributed by atoms with van der Waals surface area (Å²) in [6.45, 7) is 3.77. The number of carbonyl (C=O) groups excluding carboxylic acids is 2. The van der Waals surface area contributed by atoms with Gasteiger partial charge in [0.2, 0.25) is 0 Å².